The summed E-state index contributed by atoms with van der Waals surface area (Å²) >= 11 is 0. The minimum atomic E-state index is -0.147. The molecule has 0 spiro atoms. The maximum atomic E-state index is 11.9. The molecule has 0 atom stereocenters. The standard InChI is InChI=1S/C12H11N3O2/c1-7(2)12(17)8-6-14-15-9(8)3-4-11(16)10(15)5-13/h3-4,6-7,16H,1-2H3. The molecule has 0 bridgehead atoms. The van der Waals surface area contributed by atoms with Crippen molar-refractivity contribution < 1.29 is 9.90 Å². The Morgan fingerprint density at radius 1 is 1.53 bits per heavy atom. The predicted octanol–water partition coefficient (Wildman–Crippen LogP) is 1.75. The Hall–Kier alpha value is -2.35. The molecule has 0 aliphatic carbocycles. The molecule has 0 amide bonds. The lowest BCUT2D eigenvalue weighted by Crippen LogP contribution is -2.07. The molecule has 17 heavy (non-hydrogen) atoms. The zero-order valence-electron chi connectivity index (χ0n) is 9.51. The molecule has 0 saturated carbocycles. The number of hydrogen-bond donors (Lipinski definition) is 1. The predicted molar refractivity (Wildman–Crippen MR) is 60.7 cm³/mol. The van der Waals surface area contributed by atoms with Gasteiger partial charge in [-0.1, -0.05) is 13.8 Å². The largest absolute Gasteiger partial charge is 0.505 e. The van der Waals surface area contributed by atoms with Crippen LogP contribution in [0.4, 0.5) is 0 Å². The Morgan fingerprint density at radius 2 is 2.24 bits per heavy atom. The summed E-state index contributed by atoms with van der Waals surface area (Å²) in [5, 5.41) is 22.4. The van der Waals surface area contributed by atoms with Gasteiger partial charge in [0, 0.05) is 5.92 Å². The Labute approximate surface area is 97.9 Å². The van der Waals surface area contributed by atoms with Crippen LogP contribution < -0.4 is 0 Å². The SMILES string of the molecule is CC(C)C(=O)c1cnn2c(C#N)c(O)ccc12. The zero-order valence-corrected chi connectivity index (χ0v) is 9.51. The van der Waals surface area contributed by atoms with E-state index in [1.54, 1.807) is 19.9 Å². The van der Waals surface area contributed by atoms with Crippen molar-refractivity contribution in [2.45, 2.75) is 13.8 Å². The number of pyridine rings is 1. The van der Waals surface area contributed by atoms with Gasteiger partial charge in [-0.15, -0.1) is 0 Å². The first kappa shape index (κ1) is 11.1. The van der Waals surface area contributed by atoms with Crippen molar-refractivity contribution in [1.82, 2.24) is 9.61 Å². The van der Waals surface area contributed by atoms with E-state index in [0.29, 0.717) is 11.1 Å². The fourth-order valence-corrected chi connectivity index (χ4v) is 1.65. The zero-order chi connectivity index (χ0) is 12.6. The second-order valence-corrected chi connectivity index (χ2v) is 4.05. The monoisotopic (exact) mass is 229 g/mol. The van der Waals surface area contributed by atoms with Crippen LogP contribution in [0.1, 0.15) is 29.9 Å². The second kappa shape index (κ2) is 3.91. The number of nitriles is 1. The van der Waals surface area contributed by atoms with Gasteiger partial charge in [-0.25, -0.2) is 4.52 Å². The fraction of sp³-hybridized carbons (Fsp3) is 0.250. The van der Waals surface area contributed by atoms with E-state index in [2.05, 4.69) is 5.10 Å². The number of rotatable bonds is 2. The van der Waals surface area contributed by atoms with Gasteiger partial charge in [-0.3, -0.25) is 4.79 Å². The van der Waals surface area contributed by atoms with Crippen LogP contribution in [0.2, 0.25) is 0 Å². The summed E-state index contributed by atoms with van der Waals surface area (Å²) < 4.78 is 1.28. The lowest BCUT2D eigenvalue weighted by molar-refractivity contribution is 0.0941. The van der Waals surface area contributed by atoms with E-state index in [4.69, 9.17) is 5.26 Å². The molecule has 5 heteroatoms. The van der Waals surface area contributed by atoms with Gasteiger partial charge in [0.15, 0.2) is 17.2 Å². The maximum Gasteiger partial charge on any atom is 0.184 e. The van der Waals surface area contributed by atoms with Crippen LogP contribution in [0.5, 0.6) is 5.75 Å². The lowest BCUT2D eigenvalue weighted by Gasteiger charge is -2.03. The smallest absolute Gasteiger partial charge is 0.184 e. The number of Topliss-reactive ketones (excluding diaryl/α,β-unsaturated/α-hetero) is 1. The quantitative estimate of drug-likeness (QED) is 0.796. The summed E-state index contributed by atoms with van der Waals surface area (Å²) in [4.78, 5) is 11.9. The first-order valence-corrected chi connectivity index (χ1v) is 5.20. The highest BCUT2D eigenvalue weighted by atomic mass is 16.3. The third-order valence-electron chi connectivity index (χ3n) is 2.56. The highest BCUT2D eigenvalue weighted by Gasteiger charge is 2.18. The van der Waals surface area contributed by atoms with Gasteiger partial charge >= 0.3 is 0 Å². The summed E-state index contributed by atoms with van der Waals surface area (Å²) in [5.41, 5.74) is 1.04. The molecule has 0 fully saturated rings. The van der Waals surface area contributed by atoms with Gasteiger partial charge < -0.3 is 5.11 Å². The molecule has 0 saturated heterocycles. The van der Waals surface area contributed by atoms with E-state index in [-0.39, 0.29) is 23.1 Å². The highest BCUT2D eigenvalue weighted by molar-refractivity contribution is 6.03. The normalized spacial score (nSPS) is 10.7. The third kappa shape index (κ3) is 1.64. The van der Waals surface area contributed by atoms with E-state index >= 15 is 0 Å². The molecule has 0 radical (unpaired) electrons. The summed E-state index contributed by atoms with van der Waals surface area (Å²) in [6, 6.07) is 4.84. The Morgan fingerprint density at radius 3 is 2.82 bits per heavy atom. The van der Waals surface area contributed by atoms with Crippen LogP contribution in [0.15, 0.2) is 18.3 Å². The van der Waals surface area contributed by atoms with Crippen molar-refractivity contribution >= 4 is 11.3 Å². The van der Waals surface area contributed by atoms with E-state index in [0.717, 1.165) is 0 Å². The molecule has 2 aromatic rings. The third-order valence-corrected chi connectivity index (χ3v) is 2.56. The average molecular weight is 229 g/mol. The van der Waals surface area contributed by atoms with Gasteiger partial charge in [-0.05, 0) is 12.1 Å². The van der Waals surface area contributed by atoms with Crippen molar-refractivity contribution in [2.75, 3.05) is 0 Å². The Balaban J connectivity index is 2.72. The van der Waals surface area contributed by atoms with Crippen molar-refractivity contribution in [3.8, 4) is 11.8 Å². The van der Waals surface area contributed by atoms with Crippen LogP contribution in [-0.4, -0.2) is 20.5 Å². The van der Waals surface area contributed by atoms with Gasteiger partial charge in [0.25, 0.3) is 0 Å². The number of carbonyl (C=O) groups excluding carboxylic acids is 1. The molecule has 2 aromatic heterocycles. The van der Waals surface area contributed by atoms with Crippen LogP contribution in [0, 0.1) is 17.2 Å². The summed E-state index contributed by atoms with van der Waals surface area (Å²) in [6.45, 7) is 3.61. The topological polar surface area (TPSA) is 78.4 Å². The fourth-order valence-electron chi connectivity index (χ4n) is 1.65. The number of ketones is 1. The summed E-state index contributed by atoms with van der Waals surface area (Å²) in [5.74, 6) is -0.316. The molecule has 1 N–H and O–H groups in total. The molecule has 86 valence electrons. The van der Waals surface area contributed by atoms with E-state index in [1.165, 1.54) is 16.8 Å². The molecule has 0 aromatic carbocycles. The number of nitrogens with zero attached hydrogens (tertiary/aromatic N) is 3. The number of aromatic nitrogens is 2. The second-order valence-electron chi connectivity index (χ2n) is 4.05. The molecular formula is C12H11N3O2. The molecule has 2 rings (SSSR count). The first-order chi connectivity index (χ1) is 8.06. The van der Waals surface area contributed by atoms with Crippen LogP contribution in [0.3, 0.4) is 0 Å². The van der Waals surface area contributed by atoms with E-state index < -0.39 is 0 Å². The first-order valence-electron chi connectivity index (χ1n) is 5.20. The molecular weight excluding hydrogens is 218 g/mol. The molecule has 5 nitrogen and oxygen atoms in total. The van der Waals surface area contributed by atoms with Crippen LogP contribution >= 0.6 is 0 Å². The number of aromatic hydroxyl groups is 1. The van der Waals surface area contributed by atoms with Crippen molar-refractivity contribution in [3.05, 3.63) is 29.6 Å². The summed E-state index contributed by atoms with van der Waals surface area (Å²) in [6.07, 6.45) is 1.43. The van der Waals surface area contributed by atoms with Crippen molar-refractivity contribution in [3.63, 3.8) is 0 Å². The van der Waals surface area contributed by atoms with E-state index in [1.807, 2.05) is 6.07 Å². The van der Waals surface area contributed by atoms with Gasteiger partial charge in [0.1, 0.15) is 6.07 Å². The van der Waals surface area contributed by atoms with Crippen LogP contribution in [-0.2, 0) is 0 Å². The van der Waals surface area contributed by atoms with Gasteiger partial charge in [-0.2, -0.15) is 10.4 Å². The maximum absolute atomic E-state index is 11.9. The number of fused-ring (bicyclic) bond motifs is 1. The minimum Gasteiger partial charge on any atom is -0.505 e. The number of hydrogen-bond acceptors (Lipinski definition) is 4. The van der Waals surface area contributed by atoms with E-state index in [9.17, 15) is 9.90 Å². The minimum absolute atomic E-state index is 0.0327. The Bertz CT molecular complexity index is 635. The highest BCUT2D eigenvalue weighted by Crippen LogP contribution is 2.22. The molecule has 0 aliphatic rings. The van der Waals surface area contributed by atoms with Gasteiger partial charge in [0.05, 0.1) is 17.3 Å². The Kier molecular flexibility index (Phi) is 2.56. The van der Waals surface area contributed by atoms with Crippen LogP contribution in [0.25, 0.3) is 5.52 Å². The number of carbonyl (C=O) groups is 1. The molecule has 0 aliphatic heterocycles. The van der Waals surface area contributed by atoms with Crippen molar-refractivity contribution in [1.29, 1.82) is 5.26 Å². The lowest BCUT2D eigenvalue weighted by atomic mass is 10.0. The van der Waals surface area contributed by atoms with Crippen molar-refractivity contribution in [2.24, 2.45) is 5.92 Å². The molecule has 0 unspecified atom stereocenters. The average Bonchev–Trinajstić information content (AvgIpc) is 2.71. The van der Waals surface area contributed by atoms with Gasteiger partial charge in [0.2, 0.25) is 0 Å². The molecule has 2 heterocycles. The summed E-state index contributed by atoms with van der Waals surface area (Å²) in [7, 11) is 0.